The Kier molecular flexibility index (Phi) is 3.38. The van der Waals surface area contributed by atoms with Gasteiger partial charge in [-0.1, -0.05) is 66.7 Å². The SMILES string of the molecule is Brc1cccc2c1oc1ccc(-c3cc4ccccc4c4ccccc34)cc12. The van der Waals surface area contributed by atoms with Crippen molar-refractivity contribution in [3.05, 3.63) is 95.5 Å². The Hall–Kier alpha value is -3.10. The number of benzene rings is 5. The molecule has 0 unspecified atom stereocenters. The van der Waals surface area contributed by atoms with Gasteiger partial charge in [0.2, 0.25) is 0 Å². The zero-order valence-electron chi connectivity index (χ0n) is 14.9. The quantitative estimate of drug-likeness (QED) is 0.242. The van der Waals surface area contributed by atoms with Crippen molar-refractivity contribution < 1.29 is 4.42 Å². The molecule has 0 aliphatic carbocycles. The van der Waals surface area contributed by atoms with Gasteiger partial charge in [-0.15, -0.1) is 0 Å². The zero-order valence-corrected chi connectivity index (χ0v) is 16.5. The van der Waals surface area contributed by atoms with Crippen molar-refractivity contribution in [2.24, 2.45) is 0 Å². The molecule has 0 atom stereocenters. The summed E-state index contributed by atoms with van der Waals surface area (Å²) in [7, 11) is 0. The van der Waals surface area contributed by atoms with Crippen molar-refractivity contribution in [2.45, 2.75) is 0 Å². The van der Waals surface area contributed by atoms with Crippen molar-refractivity contribution in [1.29, 1.82) is 0 Å². The van der Waals surface area contributed by atoms with Crippen LogP contribution in [0.3, 0.4) is 0 Å². The molecule has 28 heavy (non-hydrogen) atoms. The molecule has 0 fully saturated rings. The first-order chi connectivity index (χ1) is 13.8. The van der Waals surface area contributed by atoms with Crippen LogP contribution in [0.5, 0.6) is 0 Å². The largest absolute Gasteiger partial charge is 0.455 e. The van der Waals surface area contributed by atoms with Gasteiger partial charge in [-0.3, -0.25) is 0 Å². The highest BCUT2D eigenvalue weighted by atomic mass is 79.9. The fourth-order valence-corrected chi connectivity index (χ4v) is 4.67. The van der Waals surface area contributed by atoms with E-state index in [0.717, 1.165) is 26.4 Å². The van der Waals surface area contributed by atoms with Crippen LogP contribution >= 0.6 is 15.9 Å². The number of hydrogen-bond donors (Lipinski definition) is 0. The first-order valence-corrected chi connectivity index (χ1v) is 10.1. The molecule has 1 aromatic heterocycles. The Labute approximate surface area is 170 Å². The predicted octanol–water partition coefficient (Wildman–Crippen LogP) is 8.32. The number of rotatable bonds is 1. The van der Waals surface area contributed by atoms with E-state index in [1.54, 1.807) is 0 Å². The van der Waals surface area contributed by atoms with Gasteiger partial charge >= 0.3 is 0 Å². The van der Waals surface area contributed by atoms with Gasteiger partial charge in [-0.2, -0.15) is 0 Å². The van der Waals surface area contributed by atoms with E-state index in [1.807, 2.05) is 6.07 Å². The van der Waals surface area contributed by atoms with E-state index in [-0.39, 0.29) is 0 Å². The number of halogens is 1. The Balaban J connectivity index is 1.71. The summed E-state index contributed by atoms with van der Waals surface area (Å²) in [5.74, 6) is 0. The van der Waals surface area contributed by atoms with Gasteiger partial charge in [0.25, 0.3) is 0 Å². The van der Waals surface area contributed by atoms with Gasteiger partial charge in [-0.05, 0) is 72.9 Å². The Bertz CT molecular complexity index is 1520. The fourth-order valence-electron chi connectivity index (χ4n) is 4.22. The lowest BCUT2D eigenvalue weighted by molar-refractivity contribution is 0.667. The predicted molar refractivity (Wildman–Crippen MR) is 122 cm³/mol. The molecule has 0 saturated heterocycles. The standard InChI is InChI=1S/C26H15BrO/c27-24-11-5-10-21-23-15-17(12-13-25(23)28-26(21)24)22-14-16-6-1-2-7-18(16)19-8-3-4-9-20(19)22/h1-15H. The van der Waals surface area contributed by atoms with Crippen LogP contribution in [-0.4, -0.2) is 0 Å². The third-order valence-electron chi connectivity index (χ3n) is 5.53. The fraction of sp³-hybridized carbons (Fsp3) is 0. The van der Waals surface area contributed by atoms with E-state index in [9.17, 15) is 0 Å². The van der Waals surface area contributed by atoms with E-state index in [1.165, 1.54) is 32.7 Å². The van der Waals surface area contributed by atoms with Crippen molar-refractivity contribution in [1.82, 2.24) is 0 Å². The van der Waals surface area contributed by atoms with Gasteiger partial charge < -0.3 is 4.42 Å². The molecule has 5 aromatic carbocycles. The molecule has 2 heteroatoms. The minimum Gasteiger partial charge on any atom is -0.455 e. The number of para-hydroxylation sites is 1. The lowest BCUT2D eigenvalue weighted by Gasteiger charge is -2.11. The molecule has 132 valence electrons. The average molecular weight is 423 g/mol. The summed E-state index contributed by atoms with van der Waals surface area (Å²) in [6, 6.07) is 32.2. The van der Waals surface area contributed by atoms with Crippen molar-refractivity contribution in [2.75, 3.05) is 0 Å². The van der Waals surface area contributed by atoms with Crippen molar-refractivity contribution in [3.8, 4) is 11.1 Å². The molecule has 0 aliphatic rings. The maximum Gasteiger partial charge on any atom is 0.149 e. The third-order valence-corrected chi connectivity index (χ3v) is 6.15. The summed E-state index contributed by atoms with van der Waals surface area (Å²) < 4.78 is 7.07. The second kappa shape index (κ2) is 5.95. The first kappa shape index (κ1) is 15.9. The van der Waals surface area contributed by atoms with Crippen LogP contribution < -0.4 is 0 Å². The molecule has 0 bridgehead atoms. The minimum atomic E-state index is 0.901. The van der Waals surface area contributed by atoms with Crippen LogP contribution in [0, 0.1) is 0 Å². The van der Waals surface area contributed by atoms with Crippen LogP contribution in [0.2, 0.25) is 0 Å². The zero-order chi connectivity index (χ0) is 18.7. The summed E-state index contributed by atoms with van der Waals surface area (Å²) >= 11 is 3.60. The lowest BCUT2D eigenvalue weighted by Crippen LogP contribution is -1.84. The molecule has 0 amide bonds. The second-order valence-electron chi connectivity index (χ2n) is 7.12. The van der Waals surface area contributed by atoms with Gasteiger partial charge in [-0.25, -0.2) is 0 Å². The van der Waals surface area contributed by atoms with Crippen LogP contribution in [0.4, 0.5) is 0 Å². The highest BCUT2D eigenvalue weighted by Crippen LogP contribution is 2.39. The molecule has 0 spiro atoms. The Morgan fingerprint density at radius 2 is 1.32 bits per heavy atom. The second-order valence-corrected chi connectivity index (χ2v) is 7.97. The summed E-state index contributed by atoms with van der Waals surface area (Å²) in [4.78, 5) is 0. The molecule has 1 nitrogen and oxygen atoms in total. The summed E-state index contributed by atoms with van der Waals surface area (Å²) in [6.07, 6.45) is 0. The number of hydrogen-bond acceptors (Lipinski definition) is 1. The molecule has 0 saturated carbocycles. The van der Waals surface area contributed by atoms with Gasteiger partial charge in [0.05, 0.1) is 4.47 Å². The summed E-state index contributed by atoms with van der Waals surface area (Å²) in [5, 5.41) is 7.39. The van der Waals surface area contributed by atoms with Gasteiger partial charge in [0.1, 0.15) is 11.2 Å². The lowest BCUT2D eigenvalue weighted by atomic mass is 9.93. The van der Waals surface area contributed by atoms with Crippen LogP contribution in [0.15, 0.2) is 99.9 Å². The Morgan fingerprint density at radius 1 is 0.571 bits per heavy atom. The molecule has 6 rings (SSSR count). The summed E-state index contributed by atoms with van der Waals surface area (Å²) in [6.45, 7) is 0. The normalized spacial score (nSPS) is 11.8. The van der Waals surface area contributed by atoms with Gasteiger partial charge in [0.15, 0.2) is 0 Å². The molecular formula is C26H15BrO. The highest BCUT2D eigenvalue weighted by molar-refractivity contribution is 9.10. The van der Waals surface area contributed by atoms with Gasteiger partial charge in [0, 0.05) is 10.8 Å². The molecular weight excluding hydrogens is 408 g/mol. The van der Waals surface area contributed by atoms with Crippen LogP contribution in [-0.2, 0) is 0 Å². The Morgan fingerprint density at radius 3 is 2.21 bits per heavy atom. The van der Waals surface area contributed by atoms with E-state index in [4.69, 9.17) is 4.42 Å². The van der Waals surface area contributed by atoms with Crippen LogP contribution in [0.25, 0.3) is 54.6 Å². The van der Waals surface area contributed by atoms with E-state index in [0.29, 0.717) is 0 Å². The maximum absolute atomic E-state index is 6.08. The third kappa shape index (κ3) is 2.25. The topological polar surface area (TPSA) is 13.1 Å². The average Bonchev–Trinajstić information content (AvgIpc) is 3.13. The number of fused-ring (bicyclic) bond motifs is 6. The first-order valence-electron chi connectivity index (χ1n) is 9.31. The van der Waals surface area contributed by atoms with Crippen molar-refractivity contribution >= 4 is 59.4 Å². The molecule has 0 N–H and O–H groups in total. The van der Waals surface area contributed by atoms with E-state index >= 15 is 0 Å². The minimum absolute atomic E-state index is 0.901. The molecule has 0 aliphatic heterocycles. The van der Waals surface area contributed by atoms with E-state index in [2.05, 4.69) is 101 Å². The number of furan rings is 1. The molecule has 1 heterocycles. The molecule has 6 aromatic rings. The van der Waals surface area contributed by atoms with E-state index < -0.39 is 0 Å². The summed E-state index contributed by atoms with van der Waals surface area (Å²) in [5.41, 5.74) is 4.27. The monoisotopic (exact) mass is 422 g/mol. The maximum atomic E-state index is 6.08. The van der Waals surface area contributed by atoms with Crippen molar-refractivity contribution in [3.63, 3.8) is 0 Å². The highest BCUT2D eigenvalue weighted by Gasteiger charge is 2.13. The van der Waals surface area contributed by atoms with Crippen LogP contribution in [0.1, 0.15) is 0 Å². The molecule has 0 radical (unpaired) electrons. The smallest absolute Gasteiger partial charge is 0.149 e.